The fourth-order valence-corrected chi connectivity index (χ4v) is 0. The van der Waals surface area contributed by atoms with Crippen molar-refractivity contribution in [3.8, 4) is 0 Å². The molecule has 0 heterocycles. The predicted octanol–water partition coefficient (Wildman–Crippen LogP) is 1.91. The molecule has 2 nitrogen and oxygen atoms in total. The second kappa shape index (κ2) is 3.41. The molecule has 0 spiro atoms. The van der Waals surface area contributed by atoms with Gasteiger partial charge in [-0.1, -0.05) is 0 Å². The van der Waals surface area contributed by atoms with Crippen LogP contribution in [0.2, 0.25) is 0 Å². The van der Waals surface area contributed by atoms with Crippen molar-refractivity contribution < 1.29 is 18.7 Å². The number of nitrogens with zero attached hydrogens (tertiary/aromatic N) is 1. The van der Waals surface area contributed by atoms with Crippen molar-refractivity contribution in [3.05, 3.63) is 5.21 Å². The Morgan fingerprint density at radius 3 is 0.909 bits per heavy atom. The monoisotopic (exact) mass is 291 g/mol. The zero-order valence-electron chi connectivity index (χ0n) is 6.19. The second-order valence-corrected chi connectivity index (χ2v) is 6.18. The van der Waals surface area contributed by atoms with Crippen LogP contribution >= 0.6 is 0 Å². The number of quaternary nitrogens is 1. The fraction of sp³-hybridized carbons (Fsp3) is 1.00. The van der Waals surface area contributed by atoms with E-state index in [1.807, 2.05) is 0 Å². The summed E-state index contributed by atoms with van der Waals surface area (Å²) in [5, 5.41) is 10.0. The Morgan fingerprint density at radius 1 is 0.909 bits per heavy atom. The summed E-state index contributed by atoms with van der Waals surface area (Å²) in [5.74, 6) is 0. The van der Waals surface area contributed by atoms with Gasteiger partial charge in [-0.25, -0.2) is 0 Å². The number of hydrogen-bond donors (Lipinski definition) is 0. The molecule has 0 aliphatic heterocycles. The van der Waals surface area contributed by atoms with Gasteiger partial charge >= 0.3 is 34.4 Å². The Labute approximate surface area is 65.8 Å². The molecule has 8 heteroatoms. The zero-order valence-corrected chi connectivity index (χ0v) is 8.75. The van der Waals surface area contributed by atoms with Crippen LogP contribution in [-0.2, 0) is 0 Å². The van der Waals surface area contributed by atoms with E-state index in [0.29, 0.717) is 0 Å². The summed E-state index contributed by atoms with van der Waals surface area (Å²) in [6.45, 7) is 0. The van der Waals surface area contributed by atoms with E-state index in [4.69, 9.17) is 0 Å². The summed E-state index contributed by atoms with van der Waals surface area (Å²) >= 11 is -9.19. The van der Waals surface area contributed by atoms with Crippen molar-refractivity contribution in [2.24, 2.45) is 0 Å². The van der Waals surface area contributed by atoms with E-state index in [-0.39, 0.29) is 4.65 Å². The summed E-state index contributed by atoms with van der Waals surface area (Å²) in [4.78, 5) is 0. The van der Waals surface area contributed by atoms with Crippen LogP contribution in [0.5, 0.6) is 0 Å². The molecule has 0 aliphatic carbocycles. The molecule has 0 saturated carbocycles. The van der Waals surface area contributed by atoms with Gasteiger partial charge in [-0.15, -0.1) is 0 Å². The van der Waals surface area contributed by atoms with Gasteiger partial charge in [0.05, 0.1) is 21.1 Å². The molecule has 11 heavy (non-hydrogen) atoms. The van der Waals surface area contributed by atoms with Gasteiger partial charge < -0.3 is 9.85 Å². The van der Waals surface area contributed by atoms with Gasteiger partial charge in [0.25, 0.3) is 0 Å². The Bertz CT molecular complexity index is 101. The molecule has 0 N–H and O–H groups in total. The Kier molecular flexibility index (Phi) is 4.32. The standard InChI is InChI=1S/C3H9NO.5FH.Sb/c1-4(2,3)5;;;;;;/h1-3H3;5*1H;/q;;;;;;+5/p-5. The molecule has 0 aromatic carbocycles. The third-order valence-corrected chi connectivity index (χ3v) is 0. The zero-order chi connectivity index (χ0) is 9.95. The van der Waals surface area contributed by atoms with Gasteiger partial charge in [-0.05, 0) is 0 Å². The van der Waals surface area contributed by atoms with E-state index in [2.05, 4.69) is 0 Å². The average molecular weight is 292 g/mol. The van der Waals surface area contributed by atoms with Gasteiger partial charge in [0.1, 0.15) is 0 Å². The summed E-state index contributed by atoms with van der Waals surface area (Å²) < 4.78 is 49.3. The molecule has 0 fully saturated rings. The molecule has 0 aromatic rings. The molecular formula is C3H9F5NOSb. The molecule has 0 saturated heterocycles. The first-order valence-corrected chi connectivity index (χ1v) is 7.19. The summed E-state index contributed by atoms with van der Waals surface area (Å²) in [6, 6.07) is 0. The van der Waals surface area contributed by atoms with Crippen molar-refractivity contribution in [1.82, 2.24) is 0 Å². The van der Waals surface area contributed by atoms with Crippen LogP contribution in [0.4, 0.5) is 14.1 Å². The molecule has 0 bridgehead atoms. The van der Waals surface area contributed by atoms with Crippen molar-refractivity contribution in [2.75, 3.05) is 21.1 Å². The average Bonchev–Trinajstić information content (AvgIpc) is 1.07. The van der Waals surface area contributed by atoms with Crippen LogP contribution in [0.1, 0.15) is 0 Å². The maximum atomic E-state index is 10.0. The van der Waals surface area contributed by atoms with Crippen LogP contribution in [0.25, 0.3) is 0 Å². The van der Waals surface area contributed by atoms with E-state index < -0.39 is 20.3 Å². The molecule has 0 amide bonds. The third kappa shape index (κ3) is 4850. The van der Waals surface area contributed by atoms with Crippen molar-refractivity contribution in [1.29, 1.82) is 0 Å². The van der Waals surface area contributed by atoms with E-state index in [1.165, 1.54) is 0 Å². The quantitative estimate of drug-likeness (QED) is 0.289. The molecule has 0 aromatic heterocycles. The third-order valence-electron chi connectivity index (χ3n) is 0. The van der Waals surface area contributed by atoms with E-state index in [0.717, 1.165) is 0 Å². The van der Waals surface area contributed by atoms with E-state index in [1.54, 1.807) is 21.1 Å². The SMILES string of the molecule is C[N+](C)(C)[O-].[F][Sb]([F])([F])([F])[F]. The second-order valence-electron chi connectivity index (χ2n) is 2.53. The van der Waals surface area contributed by atoms with Gasteiger partial charge in [-0.2, -0.15) is 0 Å². The Hall–Kier alpha value is 0.388. The first-order valence-electron chi connectivity index (χ1n) is 2.37. The summed E-state index contributed by atoms with van der Waals surface area (Å²) in [7, 11) is 4.71. The molecule has 0 radical (unpaired) electrons. The van der Waals surface area contributed by atoms with Crippen LogP contribution in [0, 0.1) is 5.21 Å². The molecule has 0 atom stereocenters. The van der Waals surface area contributed by atoms with Crippen molar-refractivity contribution >= 4 is 20.3 Å². The molecule has 0 aliphatic rings. The Balaban J connectivity index is 0. The topological polar surface area (TPSA) is 23.1 Å². The number of rotatable bonds is 0. The van der Waals surface area contributed by atoms with Gasteiger partial charge in [0, 0.05) is 0 Å². The molecule has 0 rings (SSSR count). The minimum atomic E-state index is -9.19. The number of hydroxylamine groups is 3. The van der Waals surface area contributed by atoms with Crippen LogP contribution in [0.15, 0.2) is 0 Å². The summed E-state index contributed by atoms with van der Waals surface area (Å²) in [6.07, 6.45) is 0. The fourth-order valence-electron chi connectivity index (χ4n) is 0. The molecule has 72 valence electrons. The number of hydrogen-bond acceptors (Lipinski definition) is 1. The first kappa shape index (κ1) is 13.9. The van der Waals surface area contributed by atoms with Gasteiger partial charge in [-0.3, -0.25) is 0 Å². The maximum absolute atomic E-state index is 10.0. The number of halogens is 5. The van der Waals surface area contributed by atoms with Gasteiger partial charge in [0.2, 0.25) is 0 Å². The minimum absolute atomic E-state index is 0.250. The van der Waals surface area contributed by atoms with Crippen LogP contribution in [0.3, 0.4) is 0 Å². The van der Waals surface area contributed by atoms with Crippen molar-refractivity contribution in [3.63, 3.8) is 0 Å². The van der Waals surface area contributed by atoms with Crippen molar-refractivity contribution in [2.45, 2.75) is 0 Å². The van der Waals surface area contributed by atoms with E-state index in [9.17, 15) is 19.3 Å². The van der Waals surface area contributed by atoms with Gasteiger partial charge in [0.15, 0.2) is 0 Å². The van der Waals surface area contributed by atoms with E-state index >= 15 is 0 Å². The first-order chi connectivity index (χ1) is 4.24. The normalized spacial score (nSPS) is 15.9. The predicted molar refractivity (Wildman–Crippen MR) is 32.7 cm³/mol. The molecule has 0 unspecified atom stereocenters. The Morgan fingerprint density at radius 2 is 0.909 bits per heavy atom. The molecular weight excluding hydrogens is 283 g/mol. The van der Waals surface area contributed by atoms with Crippen LogP contribution in [-0.4, -0.2) is 46.1 Å². The van der Waals surface area contributed by atoms with Crippen LogP contribution < -0.4 is 0 Å². The summed E-state index contributed by atoms with van der Waals surface area (Å²) in [5.41, 5.74) is 0.